The predicted molar refractivity (Wildman–Crippen MR) is 270 cm³/mol. The largest absolute Gasteiger partial charge is 0.462 e. The topological polar surface area (TPSA) is 78.9 Å². The molecule has 6 nitrogen and oxygen atoms in total. The van der Waals surface area contributed by atoms with Crippen molar-refractivity contribution in [3.8, 4) is 0 Å². The minimum Gasteiger partial charge on any atom is -0.462 e. The van der Waals surface area contributed by atoms with Crippen LogP contribution in [0.5, 0.6) is 0 Å². The summed E-state index contributed by atoms with van der Waals surface area (Å²) in [4.78, 5) is 38.1. The summed E-state index contributed by atoms with van der Waals surface area (Å²) in [6.07, 6.45) is 55.1. The molecule has 0 aliphatic rings. The molecule has 63 heavy (non-hydrogen) atoms. The summed E-state index contributed by atoms with van der Waals surface area (Å²) in [6.45, 7) is 9.05. The van der Waals surface area contributed by atoms with E-state index in [1.54, 1.807) is 0 Å². The Bertz CT molecular complexity index is 949. The lowest BCUT2D eigenvalue weighted by Gasteiger charge is -2.18. The van der Waals surface area contributed by atoms with Crippen molar-refractivity contribution in [1.29, 1.82) is 0 Å². The summed E-state index contributed by atoms with van der Waals surface area (Å²) in [5.74, 6) is -0.00439. The Labute approximate surface area is 393 Å². The quantitative estimate of drug-likeness (QED) is 0.0344. The zero-order chi connectivity index (χ0) is 45.9. The van der Waals surface area contributed by atoms with Crippen LogP contribution < -0.4 is 0 Å². The average molecular weight is 892 g/mol. The molecule has 0 spiro atoms. The number of rotatable bonds is 52. The molecule has 0 radical (unpaired) electrons. The van der Waals surface area contributed by atoms with E-state index < -0.39 is 6.10 Å². The van der Waals surface area contributed by atoms with Gasteiger partial charge in [-0.2, -0.15) is 0 Å². The highest BCUT2D eigenvalue weighted by Crippen LogP contribution is 2.18. The van der Waals surface area contributed by atoms with Gasteiger partial charge in [0.15, 0.2) is 6.10 Å². The number of carbonyl (C=O) groups excluding carboxylic acids is 3. The number of hydrogen-bond donors (Lipinski definition) is 0. The molecule has 6 heteroatoms. The first kappa shape index (κ1) is 61.4. The Morgan fingerprint density at radius 2 is 0.524 bits per heavy atom. The number of ether oxygens (including phenoxy) is 3. The summed E-state index contributed by atoms with van der Waals surface area (Å²) in [5, 5.41) is 0. The second-order valence-corrected chi connectivity index (χ2v) is 20.1. The molecular weight excluding hydrogens is 781 g/mol. The fraction of sp³-hybridized carbons (Fsp3) is 0.947. The molecule has 0 aromatic heterocycles. The van der Waals surface area contributed by atoms with Crippen molar-refractivity contribution < 1.29 is 28.6 Å². The van der Waals surface area contributed by atoms with Crippen LogP contribution in [0.25, 0.3) is 0 Å². The third-order valence-corrected chi connectivity index (χ3v) is 13.0. The van der Waals surface area contributed by atoms with Gasteiger partial charge in [0.1, 0.15) is 13.2 Å². The maximum atomic E-state index is 12.8. The normalized spacial score (nSPS) is 12.0. The number of carbonyl (C=O) groups is 3. The van der Waals surface area contributed by atoms with E-state index in [-0.39, 0.29) is 31.1 Å². The van der Waals surface area contributed by atoms with Crippen molar-refractivity contribution in [1.82, 2.24) is 0 Å². The second kappa shape index (κ2) is 51.4. The van der Waals surface area contributed by atoms with Gasteiger partial charge >= 0.3 is 17.9 Å². The standard InChI is InChI=1S/C57H110O6/c1-5-7-9-11-13-15-17-19-21-22-24-29-33-37-41-45-49-56(59)62-52-54(51-61-55(58)48-44-40-36-32-28-23-20-18-16-14-12-10-8-6-2)63-57(60)50-46-42-38-34-30-26-25-27-31-35-39-43-47-53(3)4/h53-54H,5-52H2,1-4H3/t54-/m0/s1. The highest BCUT2D eigenvalue weighted by Gasteiger charge is 2.19. The number of hydrogen-bond acceptors (Lipinski definition) is 6. The third-order valence-electron chi connectivity index (χ3n) is 13.0. The van der Waals surface area contributed by atoms with Gasteiger partial charge in [0.2, 0.25) is 0 Å². The lowest BCUT2D eigenvalue weighted by Crippen LogP contribution is -2.30. The SMILES string of the molecule is CCCCCCCCCCCCCCCCCCC(=O)OC[C@H](COC(=O)CCCCCCCCCCCCCCCC)OC(=O)CCCCCCCCCCCCCCC(C)C. The van der Waals surface area contributed by atoms with Crippen LogP contribution in [-0.2, 0) is 28.6 Å². The average Bonchev–Trinajstić information content (AvgIpc) is 3.27. The molecule has 0 bridgehead atoms. The van der Waals surface area contributed by atoms with E-state index in [9.17, 15) is 14.4 Å². The van der Waals surface area contributed by atoms with E-state index in [0.29, 0.717) is 19.3 Å². The molecule has 0 heterocycles. The van der Waals surface area contributed by atoms with E-state index in [4.69, 9.17) is 14.2 Å². The van der Waals surface area contributed by atoms with E-state index in [1.807, 2.05) is 0 Å². The van der Waals surface area contributed by atoms with Gasteiger partial charge in [-0.1, -0.05) is 285 Å². The van der Waals surface area contributed by atoms with E-state index in [0.717, 1.165) is 63.7 Å². The zero-order valence-corrected chi connectivity index (χ0v) is 43.0. The third kappa shape index (κ3) is 51.3. The minimum atomic E-state index is -0.761. The fourth-order valence-electron chi connectivity index (χ4n) is 8.75. The van der Waals surface area contributed by atoms with Crippen molar-refractivity contribution >= 4 is 17.9 Å². The molecule has 0 aliphatic carbocycles. The molecule has 374 valence electrons. The summed E-state index contributed by atoms with van der Waals surface area (Å²) >= 11 is 0. The minimum absolute atomic E-state index is 0.0620. The molecule has 0 aromatic rings. The molecule has 1 atom stereocenters. The van der Waals surface area contributed by atoms with Crippen LogP contribution in [0.2, 0.25) is 0 Å². The first-order chi connectivity index (χ1) is 30.9. The molecule has 0 saturated carbocycles. The highest BCUT2D eigenvalue weighted by atomic mass is 16.6. The van der Waals surface area contributed by atoms with Crippen LogP contribution in [0.3, 0.4) is 0 Å². The molecular formula is C57H110O6. The molecule has 0 unspecified atom stereocenters. The summed E-state index contributed by atoms with van der Waals surface area (Å²) < 4.78 is 16.9. The van der Waals surface area contributed by atoms with Crippen molar-refractivity contribution in [3.05, 3.63) is 0 Å². The summed E-state index contributed by atoms with van der Waals surface area (Å²) in [6, 6.07) is 0. The van der Waals surface area contributed by atoms with Gasteiger partial charge in [0.05, 0.1) is 0 Å². The first-order valence-electron chi connectivity index (χ1n) is 28.4. The smallest absolute Gasteiger partial charge is 0.306 e. The Balaban J connectivity index is 4.30. The lowest BCUT2D eigenvalue weighted by molar-refractivity contribution is -0.167. The molecule has 0 rings (SSSR count). The highest BCUT2D eigenvalue weighted by molar-refractivity contribution is 5.71. The van der Waals surface area contributed by atoms with Crippen LogP contribution in [0.15, 0.2) is 0 Å². The van der Waals surface area contributed by atoms with Gasteiger partial charge in [-0.05, 0) is 25.2 Å². The Hall–Kier alpha value is -1.59. The van der Waals surface area contributed by atoms with Crippen LogP contribution in [0.4, 0.5) is 0 Å². The van der Waals surface area contributed by atoms with E-state index in [1.165, 1.54) is 218 Å². The molecule has 0 saturated heterocycles. The maximum Gasteiger partial charge on any atom is 0.306 e. The first-order valence-corrected chi connectivity index (χ1v) is 28.4. The molecule has 0 aromatic carbocycles. The molecule has 0 amide bonds. The Kier molecular flexibility index (Phi) is 50.1. The fourth-order valence-corrected chi connectivity index (χ4v) is 8.75. The monoisotopic (exact) mass is 891 g/mol. The number of unbranched alkanes of at least 4 members (excludes halogenated alkanes) is 39. The van der Waals surface area contributed by atoms with Crippen molar-refractivity contribution in [2.75, 3.05) is 13.2 Å². The van der Waals surface area contributed by atoms with Crippen LogP contribution in [-0.4, -0.2) is 37.2 Å². The molecule has 0 aliphatic heterocycles. The zero-order valence-electron chi connectivity index (χ0n) is 43.0. The van der Waals surface area contributed by atoms with Crippen LogP contribution in [0.1, 0.15) is 323 Å². The van der Waals surface area contributed by atoms with Gasteiger partial charge in [0.25, 0.3) is 0 Å². The summed E-state index contributed by atoms with van der Waals surface area (Å²) in [5.41, 5.74) is 0. The van der Waals surface area contributed by atoms with Crippen molar-refractivity contribution in [3.63, 3.8) is 0 Å². The maximum absolute atomic E-state index is 12.8. The summed E-state index contributed by atoms with van der Waals surface area (Å²) in [7, 11) is 0. The van der Waals surface area contributed by atoms with Gasteiger partial charge in [-0.25, -0.2) is 0 Å². The van der Waals surface area contributed by atoms with Gasteiger partial charge in [-0.3, -0.25) is 14.4 Å². The molecule has 0 N–H and O–H groups in total. The van der Waals surface area contributed by atoms with Crippen molar-refractivity contribution in [2.24, 2.45) is 5.92 Å². The van der Waals surface area contributed by atoms with Crippen molar-refractivity contribution in [2.45, 2.75) is 329 Å². The van der Waals surface area contributed by atoms with Gasteiger partial charge < -0.3 is 14.2 Å². The second-order valence-electron chi connectivity index (χ2n) is 20.1. The van der Waals surface area contributed by atoms with Gasteiger partial charge in [0, 0.05) is 19.3 Å². The van der Waals surface area contributed by atoms with Gasteiger partial charge in [-0.15, -0.1) is 0 Å². The molecule has 0 fully saturated rings. The predicted octanol–water partition coefficient (Wildman–Crippen LogP) is 18.6. The van der Waals surface area contributed by atoms with Crippen LogP contribution >= 0.6 is 0 Å². The van der Waals surface area contributed by atoms with E-state index in [2.05, 4.69) is 27.7 Å². The van der Waals surface area contributed by atoms with Crippen LogP contribution in [0, 0.1) is 5.92 Å². The Morgan fingerprint density at radius 1 is 0.302 bits per heavy atom. The Morgan fingerprint density at radius 3 is 0.778 bits per heavy atom. The number of esters is 3. The van der Waals surface area contributed by atoms with E-state index >= 15 is 0 Å². The lowest BCUT2D eigenvalue weighted by atomic mass is 10.0.